The van der Waals surface area contributed by atoms with E-state index in [0.29, 0.717) is 36.5 Å². The van der Waals surface area contributed by atoms with Crippen molar-refractivity contribution in [3.63, 3.8) is 0 Å². The van der Waals surface area contributed by atoms with Crippen LogP contribution in [0.25, 0.3) is 0 Å². The molecular formula is C21H24N6O4S. The Balaban J connectivity index is 1.66. The van der Waals surface area contributed by atoms with Crippen LogP contribution in [0.4, 0.5) is 17.5 Å². The zero-order chi connectivity index (χ0) is 23.4. The lowest BCUT2D eigenvalue weighted by molar-refractivity contribution is -0.123. The second-order valence-corrected chi connectivity index (χ2v) is 9.84. The average molecular weight is 457 g/mol. The van der Waals surface area contributed by atoms with Crippen LogP contribution < -0.4 is 15.5 Å². The first-order valence-corrected chi connectivity index (χ1v) is 12.1. The van der Waals surface area contributed by atoms with E-state index >= 15 is 0 Å². The van der Waals surface area contributed by atoms with Crippen LogP contribution in [0.1, 0.15) is 30.1 Å². The van der Waals surface area contributed by atoms with Gasteiger partial charge in [-0.25, -0.2) is 13.4 Å². The molecule has 0 aliphatic carbocycles. The lowest BCUT2D eigenvalue weighted by Gasteiger charge is -2.19. The van der Waals surface area contributed by atoms with E-state index in [1.165, 1.54) is 11.1 Å². The van der Waals surface area contributed by atoms with Crippen LogP contribution in [-0.4, -0.2) is 55.3 Å². The van der Waals surface area contributed by atoms with E-state index in [1.54, 1.807) is 30.3 Å². The highest BCUT2D eigenvalue weighted by Crippen LogP contribution is 2.36. The molecule has 0 radical (unpaired) electrons. The van der Waals surface area contributed by atoms with E-state index in [4.69, 9.17) is 0 Å². The number of amides is 2. The summed E-state index contributed by atoms with van der Waals surface area (Å²) in [4.78, 5) is 34.9. The van der Waals surface area contributed by atoms with E-state index in [2.05, 4.69) is 26.7 Å². The molecule has 2 aromatic rings. The number of benzene rings is 1. The number of aromatic nitrogens is 2. The molecule has 0 saturated carbocycles. The highest BCUT2D eigenvalue weighted by molar-refractivity contribution is 7.90. The van der Waals surface area contributed by atoms with Crippen LogP contribution in [-0.2, 0) is 14.6 Å². The molecule has 1 aliphatic heterocycles. The van der Waals surface area contributed by atoms with Crippen LogP contribution >= 0.6 is 0 Å². The number of hydrogen-bond donors (Lipinski definition) is 2. The molecule has 1 saturated heterocycles. The highest BCUT2D eigenvalue weighted by Gasteiger charge is 2.46. The summed E-state index contributed by atoms with van der Waals surface area (Å²) in [6.07, 6.45) is 3.54. The van der Waals surface area contributed by atoms with Gasteiger partial charge >= 0.3 is 0 Å². The highest BCUT2D eigenvalue weighted by atomic mass is 32.2. The minimum absolute atomic E-state index is 0.0403. The van der Waals surface area contributed by atoms with Crippen LogP contribution in [0.5, 0.6) is 0 Å². The molecule has 2 N–H and O–H groups in total. The van der Waals surface area contributed by atoms with Crippen molar-refractivity contribution in [2.75, 3.05) is 35.3 Å². The first kappa shape index (κ1) is 23.1. The number of carbonyl (C=O) groups is 2. The maximum Gasteiger partial charge on any atom is 0.251 e. The Morgan fingerprint density at radius 1 is 1.28 bits per heavy atom. The molecule has 1 fully saturated rings. The molecule has 1 aliphatic rings. The molecule has 2 amide bonds. The van der Waals surface area contributed by atoms with Crippen molar-refractivity contribution in [1.29, 1.82) is 5.26 Å². The van der Waals surface area contributed by atoms with Crippen molar-refractivity contribution in [2.45, 2.75) is 19.8 Å². The fourth-order valence-corrected chi connectivity index (χ4v) is 3.82. The molecule has 10 nitrogen and oxygen atoms in total. The van der Waals surface area contributed by atoms with Crippen LogP contribution in [0.2, 0.25) is 0 Å². The summed E-state index contributed by atoms with van der Waals surface area (Å²) in [5, 5.41) is 15.0. The molecule has 2 heterocycles. The van der Waals surface area contributed by atoms with Gasteiger partial charge in [-0.3, -0.25) is 14.5 Å². The fraction of sp³-hybridized carbons (Fsp3) is 0.381. The van der Waals surface area contributed by atoms with Crippen molar-refractivity contribution < 1.29 is 18.0 Å². The number of hydrogen-bond acceptors (Lipinski definition) is 8. The molecule has 0 bridgehead atoms. The lowest BCUT2D eigenvalue weighted by atomic mass is 9.85. The molecule has 1 aromatic heterocycles. The van der Waals surface area contributed by atoms with E-state index in [1.807, 2.05) is 6.92 Å². The number of rotatable bonds is 8. The summed E-state index contributed by atoms with van der Waals surface area (Å²) in [7, 11) is -3.15. The first-order chi connectivity index (χ1) is 15.2. The molecule has 168 valence electrons. The third-order valence-corrected chi connectivity index (χ3v) is 6.26. The maximum absolute atomic E-state index is 12.7. The largest absolute Gasteiger partial charge is 0.351 e. The summed E-state index contributed by atoms with van der Waals surface area (Å²) >= 11 is 0. The van der Waals surface area contributed by atoms with Crippen LogP contribution in [0.3, 0.4) is 0 Å². The van der Waals surface area contributed by atoms with Crippen molar-refractivity contribution in [2.24, 2.45) is 5.41 Å². The van der Waals surface area contributed by atoms with Gasteiger partial charge in [0.05, 0.1) is 11.8 Å². The molecule has 32 heavy (non-hydrogen) atoms. The number of sulfone groups is 1. The van der Waals surface area contributed by atoms with Crippen molar-refractivity contribution in [3.05, 3.63) is 42.1 Å². The number of nitriles is 1. The summed E-state index contributed by atoms with van der Waals surface area (Å²) in [5.41, 5.74) is 0.00676. The Morgan fingerprint density at radius 3 is 2.59 bits per heavy atom. The smallest absolute Gasteiger partial charge is 0.251 e. The van der Waals surface area contributed by atoms with E-state index in [0.717, 1.165) is 6.26 Å². The second-order valence-electron chi connectivity index (χ2n) is 7.58. The van der Waals surface area contributed by atoms with Crippen molar-refractivity contribution in [3.8, 4) is 6.07 Å². The fourth-order valence-electron chi connectivity index (χ4n) is 3.34. The summed E-state index contributed by atoms with van der Waals surface area (Å²) in [6, 6.07) is 10.3. The number of carbonyl (C=O) groups excluding carboxylic acids is 2. The molecular weight excluding hydrogens is 432 g/mol. The number of anilines is 3. The van der Waals surface area contributed by atoms with Crippen LogP contribution in [0, 0.1) is 16.7 Å². The minimum Gasteiger partial charge on any atom is -0.351 e. The quantitative estimate of drug-likeness (QED) is 0.610. The monoisotopic (exact) mass is 456 g/mol. The minimum atomic E-state index is -3.15. The van der Waals surface area contributed by atoms with Gasteiger partial charge < -0.3 is 10.6 Å². The standard InChI is InChI=1S/C21H24N6O4S/c1-3-21(14-22)9-12-27(19(21)29)17-8-10-24-20(26-17)25-16-6-4-15(5-7-16)18(28)23-11-13-32(2,30)31/h4-8,10H,3,9,11-13H2,1-2H3,(H,23,28)(H,24,25,26)/t21-/m1/s1. The van der Waals surface area contributed by atoms with E-state index < -0.39 is 15.3 Å². The first-order valence-electron chi connectivity index (χ1n) is 10.1. The zero-order valence-electron chi connectivity index (χ0n) is 17.8. The Kier molecular flexibility index (Phi) is 6.74. The number of nitrogens with one attached hydrogen (secondary N) is 2. The third kappa shape index (κ3) is 5.20. The van der Waals surface area contributed by atoms with Gasteiger partial charge in [-0.05, 0) is 43.2 Å². The Bertz CT molecular complexity index is 1160. The van der Waals surface area contributed by atoms with Gasteiger partial charge in [-0.15, -0.1) is 0 Å². The molecule has 3 rings (SSSR count). The summed E-state index contributed by atoms with van der Waals surface area (Å²) in [5.74, 6) is -0.0629. The molecule has 1 aromatic carbocycles. The summed E-state index contributed by atoms with van der Waals surface area (Å²) < 4.78 is 22.3. The zero-order valence-corrected chi connectivity index (χ0v) is 18.6. The van der Waals surface area contributed by atoms with Gasteiger partial charge in [0.25, 0.3) is 5.91 Å². The lowest BCUT2D eigenvalue weighted by Crippen LogP contribution is -2.33. The van der Waals surface area contributed by atoms with Gasteiger partial charge in [0.1, 0.15) is 21.1 Å². The number of nitrogens with zero attached hydrogens (tertiary/aromatic N) is 4. The SMILES string of the molecule is CC[C@]1(C#N)CCN(c2ccnc(Nc3ccc(C(=O)NCCS(C)(=O)=O)cc3)n2)C1=O. The predicted molar refractivity (Wildman–Crippen MR) is 119 cm³/mol. The van der Waals surface area contributed by atoms with Crippen molar-refractivity contribution >= 4 is 39.1 Å². The van der Waals surface area contributed by atoms with Gasteiger partial charge in [0.2, 0.25) is 11.9 Å². The van der Waals surface area contributed by atoms with E-state index in [-0.39, 0.29) is 30.1 Å². The average Bonchev–Trinajstić information content (AvgIpc) is 3.10. The van der Waals surface area contributed by atoms with Gasteiger partial charge in [-0.2, -0.15) is 10.2 Å². The molecule has 0 unspecified atom stereocenters. The summed E-state index contributed by atoms with van der Waals surface area (Å²) in [6.45, 7) is 2.28. The normalized spacial score (nSPS) is 18.3. The molecule has 0 spiro atoms. The second kappa shape index (κ2) is 9.32. The van der Waals surface area contributed by atoms with Gasteiger partial charge in [0.15, 0.2) is 0 Å². The molecule has 1 atom stereocenters. The van der Waals surface area contributed by atoms with E-state index in [9.17, 15) is 23.3 Å². The predicted octanol–water partition coefficient (Wildman–Crippen LogP) is 1.65. The topological polar surface area (TPSA) is 145 Å². The third-order valence-electron chi connectivity index (χ3n) is 5.31. The Morgan fingerprint density at radius 2 is 2.00 bits per heavy atom. The van der Waals surface area contributed by atoms with Crippen molar-refractivity contribution in [1.82, 2.24) is 15.3 Å². The Hall–Kier alpha value is -3.52. The van der Waals surface area contributed by atoms with Gasteiger partial charge in [0, 0.05) is 36.8 Å². The Labute approximate surface area is 186 Å². The van der Waals surface area contributed by atoms with Gasteiger partial charge in [-0.1, -0.05) is 6.92 Å². The maximum atomic E-state index is 12.7. The molecule has 11 heteroatoms. The van der Waals surface area contributed by atoms with Crippen LogP contribution in [0.15, 0.2) is 36.5 Å².